The largest absolute Gasteiger partial charge is 0.390 e. The predicted molar refractivity (Wildman–Crippen MR) is 100 cm³/mol. The molecule has 2 heterocycles. The molecule has 0 aliphatic carbocycles. The highest BCUT2D eigenvalue weighted by Gasteiger charge is 2.26. The van der Waals surface area contributed by atoms with Crippen LogP contribution in [0.5, 0.6) is 0 Å². The summed E-state index contributed by atoms with van der Waals surface area (Å²) in [6, 6.07) is 10.1. The molecule has 128 valence electrons. The zero-order valence-electron chi connectivity index (χ0n) is 13.7. The number of nitrogen functional groups attached to an aromatic ring is 1. The number of amides is 1. The molecule has 2 atom stereocenters. The molecule has 1 amide bonds. The minimum atomic E-state index is -0.207. The van der Waals surface area contributed by atoms with Crippen molar-refractivity contribution in [3.8, 4) is 0 Å². The first kappa shape index (κ1) is 17.3. The van der Waals surface area contributed by atoms with Crippen LogP contribution >= 0.6 is 22.9 Å². The molecule has 0 unspecified atom stereocenters. The highest BCUT2D eigenvalue weighted by Crippen LogP contribution is 2.27. The summed E-state index contributed by atoms with van der Waals surface area (Å²) in [5.41, 5.74) is 8.09. The van der Waals surface area contributed by atoms with Crippen molar-refractivity contribution < 1.29 is 4.79 Å². The molecule has 24 heavy (non-hydrogen) atoms. The lowest BCUT2D eigenvalue weighted by Gasteiger charge is -2.19. The Kier molecular flexibility index (Phi) is 5.43. The van der Waals surface area contributed by atoms with Gasteiger partial charge in [-0.3, -0.25) is 9.69 Å². The number of hydrogen-bond donors (Lipinski definition) is 2. The molecule has 1 aromatic heterocycles. The van der Waals surface area contributed by atoms with Gasteiger partial charge in [-0.05, 0) is 48.1 Å². The number of hydrogen-bond acceptors (Lipinski definition) is 4. The lowest BCUT2D eigenvalue weighted by Crippen LogP contribution is -2.39. The number of likely N-dealkylation sites (tertiary alicyclic amines) is 1. The Morgan fingerprint density at radius 2 is 2.17 bits per heavy atom. The number of rotatable bonds is 5. The molecule has 0 bridgehead atoms. The van der Waals surface area contributed by atoms with Crippen molar-refractivity contribution in [1.82, 2.24) is 10.2 Å². The van der Waals surface area contributed by atoms with Gasteiger partial charge < -0.3 is 11.1 Å². The first-order valence-electron chi connectivity index (χ1n) is 8.13. The molecular formula is C18H22ClN3OS. The minimum Gasteiger partial charge on any atom is -0.390 e. The monoisotopic (exact) mass is 363 g/mol. The maximum atomic E-state index is 12.5. The number of anilines is 1. The van der Waals surface area contributed by atoms with Gasteiger partial charge in [0.25, 0.3) is 0 Å². The minimum absolute atomic E-state index is 0.0541. The molecule has 1 aromatic carbocycles. The molecule has 1 aliphatic rings. The van der Waals surface area contributed by atoms with E-state index in [-0.39, 0.29) is 17.9 Å². The fourth-order valence-corrected chi connectivity index (χ4v) is 3.97. The standard InChI is InChI=1S/C18H22ClN3OS/c1-12(16-7-9-24-17(16)20)18(23)21-15-6-8-22(11-15)10-13-2-4-14(19)5-3-13/h2-5,7,9,12,15H,6,8,10-11,20H2,1H3,(H,21,23)/t12-,15+/m0/s1. The molecular weight excluding hydrogens is 342 g/mol. The van der Waals surface area contributed by atoms with Crippen molar-refractivity contribution in [3.05, 3.63) is 51.9 Å². The van der Waals surface area contributed by atoms with E-state index in [0.717, 1.165) is 41.6 Å². The highest BCUT2D eigenvalue weighted by atomic mass is 35.5. The third-order valence-corrected chi connectivity index (χ3v) is 5.54. The molecule has 0 saturated carbocycles. The molecule has 4 nitrogen and oxygen atoms in total. The second-order valence-electron chi connectivity index (χ2n) is 6.32. The summed E-state index contributed by atoms with van der Waals surface area (Å²) < 4.78 is 0. The Hall–Kier alpha value is -1.56. The van der Waals surface area contributed by atoms with Crippen LogP contribution in [0, 0.1) is 0 Å². The zero-order valence-corrected chi connectivity index (χ0v) is 15.2. The number of benzene rings is 1. The van der Waals surface area contributed by atoms with Crippen molar-refractivity contribution in [2.75, 3.05) is 18.8 Å². The van der Waals surface area contributed by atoms with Crippen LogP contribution in [-0.4, -0.2) is 29.9 Å². The van der Waals surface area contributed by atoms with E-state index < -0.39 is 0 Å². The Balaban J connectivity index is 1.51. The van der Waals surface area contributed by atoms with Gasteiger partial charge in [0, 0.05) is 30.7 Å². The van der Waals surface area contributed by atoms with Crippen molar-refractivity contribution >= 4 is 33.8 Å². The van der Waals surface area contributed by atoms with Crippen LogP contribution in [-0.2, 0) is 11.3 Å². The van der Waals surface area contributed by atoms with Crippen LogP contribution in [0.3, 0.4) is 0 Å². The molecule has 3 N–H and O–H groups in total. The van der Waals surface area contributed by atoms with Crippen molar-refractivity contribution in [2.24, 2.45) is 0 Å². The maximum Gasteiger partial charge on any atom is 0.227 e. The van der Waals surface area contributed by atoms with Crippen LogP contribution in [0.1, 0.15) is 30.4 Å². The van der Waals surface area contributed by atoms with Gasteiger partial charge in [-0.25, -0.2) is 0 Å². The van der Waals surface area contributed by atoms with Crippen LogP contribution in [0.25, 0.3) is 0 Å². The Morgan fingerprint density at radius 3 is 2.83 bits per heavy atom. The third-order valence-electron chi connectivity index (χ3n) is 4.53. The van der Waals surface area contributed by atoms with Gasteiger partial charge in [-0.1, -0.05) is 23.7 Å². The number of carbonyl (C=O) groups is 1. The van der Waals surface area contributed by atoms with E-state index in [4.69, 9.17) is 17.3 Å². The molecule has 1 aliphatic heterocycles. The molecule has 6 heteroatoms. The SMILES string of the molecule is C[C@H](C(=O)N[C@@H]1CCN(Cc2ccc(Cl)cc2)C1)c1ccsc1N. The Bertz CT molecular complexity index is 701. The number of nitrogens with zero attached hydrogens (tertiary/aromatic N) is 1. The van der Waals surface area contributed by atoms with Crippen LogP contribution in [0.2, 0.25) is 5.02 Å². The van der Waals surface area contributed by atoms with E-state index in [2.05, 4.69) is 22.3 Å². The average molecular weight is 364 g/mol. The van der Waals surface area contributed by atoms with E-state index in [1.54, 1.807) is 0 Å². The van der Waals surface area contributed by atoms with E-state index in [1.807, 2.05) is 30.5 Å². The van der Waals surface area contributed by atoms with E-state index in [9.17, 15) is 4.79 Å². The molecule has 2 aromatic rings. The summed E-state index contributed by atoms with van der Waals surface area (Å²) in [7, 11) is 0. The first-order chi connectivity index (χ1) is 11.5. The van der Waals surface area contributed by atoms with Crippen molar-refractivity contribution in [1.29, 1.82) is 0 Å². The summed E-state index contributed by atoms with van der Waals surface area (Å²) >= 11 is 7.40. The zero-order chi connectivity index (χ0) is 17.1. The van der Waals surface area contributed by atoms with Crippen molar-refractivity contribution in [3.63, 3.8) is 0 Å². The summed E-state index contributed by atoms with van der Waals surface area (Å²) in [5.74, 6) is -0.153. The van der Waals surface area contributed by atoms with E-state index in [1.165, 1.54) is 16.9 Å². The summed E-state index contributed by atoms with van der Waals surface area (Å²) in [6.07, 6.45) is 0.977. The van der Waals surface area contributed by atoms with Gasteiger partial charge in [0.1, 0.15) is 0 Å². The average Bonchev–Trinajstić information content (AvgIpc) is 3.18. The fourth-order valence-electron chi connectivity index (χ4n) is 3.10. The predicted octanol–water partition coefficient (Wildman–Crippen LogP) is 3.48. The van der Waals surface area contributed by atoms with Crippen LogP contribution in [0.4, 0.5) is 5.00 Å². The second-order valence-corrected chi connectivity index (χ2v) is 7.70. The number of carbonyl (C=O) groups excluding carboxylic acids is 1. The number of thiophene rings is 1. The number of halogens is 1. The third kappa shape index (κ3) is 4.09. The Labute approximate surface area is 151 Å². The summed E-state index contributed by atoms with van der Waals surface area (Å²) in [5, 5.41) is 6.58. The highest BCUT2D eigenvalue weighted by molar-refractivity contribution is 7.14. The summed E-state index contributed by atoms with van der Waals surface area (Å²) in [4.78, 5) is 14.8. The normalized spacial score (nSPS) is 19.3. The molecule has 1 fully saturated rings. The molecule has 0 radical (unpaired) electrons. The van der Waals surface area contributed by atoms with Gasteiger partial charge in [-0.2, -0.15) is 0 Å². The van der Waals surface area contributed by atoms with Gasteiger partial charge in [0.05, 0.1) is 10.9 Å². The molecule has 0 spiro atoms. The summed E-state index contributed by atoms with van der Waals surface area (Å²) in [6.45, 7) is 4.66. The smallest absolute Gasteiger partial charge is 0.227 e. The molecule has 3 rings (SSSR count). The quantitative estimate of drug-likeness (QED) is 0.855. The topological polar surface area (TPSA) is 58.4 Å². The lowest BCUT2D eigenvalue weighted by atomic mass is 10.0. The van der Waals surface area contributed by atoms with Crippen LogP contribution in [0.15, 0.2) is 35.7 Å². The first-order valence-corrected chi connectivity index (χ1v) is 9.38. The number of nitrogens with two attached hydrogens (primary N) is 1. The number of nitrogens with one attached hydrogen (secondary N) is 1. The molecule has 1 saturated heterocycles. The van der Waals surface area contributed by atoms with Gasteiger partial charge >= 0.3 is 0 Å². The van der Waals surface area contributed by atoms with Gasteiger partial charge in [-0.15, -0.1) is 11.3 Å². The van der Waals surface area contributed by atoms with E-state index >= 15 is 0 Å². The maximum absolute atomic E-state index is 12.5. The Morgan fingerprint density at radius 1 is 1.42 bits per heavy atom. The van der Waals surface area contributed by atoms with E-state index in [0.29, 0.717) is 0 Å². The fraction of sp³-hybridized carbons (Fsp3) is 0.389. The van der Waals surface area contributed by atoms with Gasteiger partial charge in [0.15, 0.2) is 0 Å². The van der Waals surface area contributed by atoms with Crippen LogP contribution < -0.4 is 11.1 Å². The second kappa shape index (κ2) is 7.55. The van der Waals surface area contributed by atoms with Crippen molar-refractivity contribution in [2.45, 2.75) is 31.8 Å². The van der Waals surface area contributed by atoms with Gasteiger partial charge in [0.2, 0.25) is 5.91 Å². The lowest BCUT2D eigenvalue weighted by molar-refractivity contribution is -0.122.